The summed E-state index contributed by atoms with van der Waals surface area (Å²) in [4.78, 5) is 0. The van der Waals surface area contributed by atoms with Crippen molar-refractivity contribution < 1.29 is 0 Å². The molecule has 2 N–H and O–H groups in total. The molecular weight excluding hydrogens is 224 g/mol. The molecule has 2 rings (SSSR count). The highest BCUT2D eigenvalue weighted by Crippen LogP contribution is 2.41. The van der Waals surface area contributed by atoms with Gasteiger partial charge in [-0.3, -0.25) is 4.68 Å². The third-order valence-corrected chi connectivity index (χ3v) is 4.40. The maximum atomic E-state index is 6.76. The monoisotopic (exact) mass is 250 g/mol. The normalized spacial score (nSPS) is 33.0. The molecule has 4 nitrogen and oxygen atoms in total. The molecule has 3 atom stereocenters. The number of aryl methyl sites for hydroxylation is 1. The van der Waals surface area contributed by atoms with Gasteiger partial charge in [0.1, 0.15) is 0 Å². The fourth-order valence-corrected chi connectivity index (χ4v) is 3.67. The Morgan fingerprint density at radius 1 is 1.50 bits per heavy atom. The Hall–Kier alpha value is -0.900. The molecule has 1 aliphatic rings. The minimum atomic E-state index is -0.109. The lowest BCUT2D eigenvalue weighted by atomic mass is 9.64. The van der Waals surface area contributed by atoms with Crippen molar-refractivity contribution in [3.05, 3.63) is 11.9 Å². The molecule has 1 saturated carbocycles. The summed E-state index contributed by atoms with van der Waals surface area (Å²) in [6, 6.07) is 0. The largest absolute Gasteiger partial charge is 0.324 e. The van der Waals surface area contributed by atoms with Gasteiger partial charge in [0.25, 0.3) is 0 Å². The van der Waals surface area contributed by atoms with Gasteiger partial charge in [0.05, 0.1) is 5.69 Å². The summed E-state index contributed by atoms with van der Waals surface area (Å²) < 4.78 is 1.76. The molecule has 0 radical (unpaired) electrons. The minimum absolute atomic E-state index is 0.109. The highest BCUT2D eigenvalue weighted by Gasteiger charge is 2.41. The zero-order chi connectivity index (χ0) is 13.3. The van der Waals surface area contributed by atoms with Crippen LogP contribution in [0.2, 0.25) is 0 Å². The Balaban J connectivity index is 2.18. The van der Waals surface area contributed by atoms with Crippen LogP contribution in [0.4, 0.5) is 0 Å². The van der Waals surface area contributed by atoms with E-state index >= 15 is 0 Å². The third kappa shape index (κ3) is 2.74. The van der Waals surface area contributed by atoms with Crippen molar-refractivity contribution in [3.8, 4) is 0 Å². The van der Waals surface area contributed by atoms with E-state index in [0.717, 1.165) is 24.5 Å². The van der Waals surface area contributed by atoms with Gasteiger partial charge in [-0.15, -0.1) is 5.10 Å². The summed E-state index contributed by atoms with van der Waals surface area (Å²) in [6.45, 7) is 6.90. The van der Waals surface area contributed by atoms with Crippen LogP contribution < -0.4 is 5.73 Å². The van der Waals surface area contributed by atoms with E-state index in [1.807, 2.05) is 13.2 Å². The van der Waals surface area contributed by atoms with E-state index in [0.29, 0.717) is 11.8 Å². The van der Waals surface area contributed by atoms with E-state index in [1.165, 1.54) is 12.8 Å². The minimum Gasteiger partial charge on any atom is -0.324 e. The Kier molecular flexibility index (Phi) is 3.76. The van der Waals surface area contributed by atoms with Crippen molar-refractivity contribution in [2.75, 3.05) is 0 Å². The Labute approximate surface area is 110 Å². The quantitative estimate of drug-likeness (QED) is 0.894. The fourth-order valence-electron chi connectivity index (χ4n) is 3.67. The lowest BCUT2D eigenvalue weighted by Crippen LogP contribution is -2.54. The van der Waals surface area contributed by atoms with Crippen LogP contribution >= 0.6 is 0 Å². The van der Waals surface area contributed by atoms with Crippen LogP contribution in [0.15, 0.2) is 6.20 Å². The first-order valence-corrected chi connectivity index (χ1v) is 7.05. The molecule has 0 bridgehead atoms. The number of aromatic nitrogens is 3. The van der Waals surface area contributed by atoms with Gasteiger partial charge in [0.2, 0.25) is 0 Å². The van der Waals surface area contributed by atoms with Gasteiger partial charge in [-0.25, -0.2) is 0 Å². The average Bonchev–Trinajstić information content (AvgIpc) is 2.62. The highest BCUT2D eigenvalue weighted by molar-refractivity contribution is 5.07. The molecule has 0 spiro atoms. The molecule has 0 saturated heterocycles. The van der Waals surface area contributed by atoms with Crippen LogP contribution in [0.25, 0.3) is 0 Å². The Morgan fingerprint density at radius 2 is 2.22 bits per heavy atom. The summed E-state index contributed by atoms with van der Waals surface area (Å²) in [7, 11) is 1.91. The highest BCUT2D eigenvalue weighted by atomic mass is 15.4. The molecule has 1 fully saturated rings. The van der Waals surface area contributed by atoms with Crippen molar-refractivity contribution in [2.45, 2.75) is 52.0 Å². The molecule has 102 valence electrons. The van der Waals surface area contributed by atoms with E-state index in [4.69, 9.17) is 5.73 Å². The number of rotatable bonds is 3. The smallest absolute Gasteiger partial charge is 0.0845 e. The van der Waals surface area contributed by atoms with Crippen molar-refractivity contribution in [1.29, 1.82) is 0 Å². The van der Waals surface area contributed by atoms with Crippen LogP contribution in [-0.4, -0.2) is 20.5 Å². The predicted octanol–water partition coefficient (Wildman–Crippen LogP) is 2.15. The van der Waals surface area contributed by atoms with E-state index in [-0.39, 0.29) is 5.54 Å². The maximum Gasteiger partial charge on any atom is 0.0845 e. The second kappa shape index (κ2) is 5.00. The molecule has 18 heavy (non-hydrogen) atoms. The number of hydrogen-bond acceptors (Lipinski definition) is 3. The van der Waals surface area contributed by atoms with Crippen LogP contribution in [0.1, 0.15) is 45.7 Å². The standard InChI is InChI=1S/C14H26N4/c1-10(2)13-6-5-11(3)7-14(13,15)8-12-9-18(4)17-16-12/h9-11,13H,5-8,15H2,1-4H3. The average molecular weight is 250 g/mol. The van der Waals surface area contributed by atoms with Crippen molar-refractivity contribution in [1.82, 2.24) is 15.0 Å². The summed E-state index contributed by atoms with van der Waals surface area (Å²) in [5, 5.41) is 8.22. The topological polar surface area (TPSA) is 56.7 Å². The second-order valence-corrected chi connectivity index (χ2v) is 6.53. The fraction of sp³-hybridized carbons (Fsp3) is 0.857. The molecule has 1 aromatic heterocycles. The maximum absolute atomic E-state index is 6.76. The van der Waals surface area contributed by atoms with Crippen molar-refractivity contribution >= 4 is 0 Å². The SMILES string of the molecule is CC1CCC(C(C)C)C(N)(Cc2cn(C)nn2)C1. The number of hydrogen-bond donors (Lipinski definition) is 1. The summed E-state index contributed by atoms with van der Waals surface area (Å²) in [6.07, 6.45) is 6.50. The van der Waals surface area contributed by atoms with Gasteiger partial charge in [-0.1, -0.05) is 32.4 Å². The van der Waals surface area contributed by atoms with E-state index in [9.17, 15) is 0 Å². The lowest BCUT2D eigenvalue weighted by Gasteiger charge is -2.45. The number of nitrogens with zero attached hydrogens (tertiary/aromatic N) is 3. The van der Waals surface area contributed by atoms with Gasteiger partial charge < -0.3 is 5.73 Å². The van der Waals surface area contributed by atoms with Gasteiger partial charge in [0.15, 0.2) is 0 Å². The van der Waals surface area contributed by atoms with Gasteiger partial charge in [-0.2, -0.15) is 0 Å². The third-order valence-electron chi connectivity index (χ3n) is 4.40. The van der Waals surface area contributed by atoms with Gasteiger partial charge >= 0.3 is 0 Å². The summed E-state index contributed by atoms with van der Waals surface area (Å²) >= 11 is 0. The van der Waals surface area contributed by atoms with E-state index in [1.54, 1.807) is 4.68 Å². The molecule has 4 heteroatoms. The Morgan fingerprint density at radius 3 is 2.78 bits per heavy atom. The molecule has 0 amide bonds. The molecular formula is C14H26N4. The number of nitrogens with two attached hydrogens (primary N) is 1. The van der Waals surface area contributed by atoms with E-state index in [2.05, 4.69) is 31.1 Å². The first-order valence-electron chi connectivity index (χ1n) is 7.05. The Bertz CT molecular complexity index is 398. The lowest BCUT2D eigenvalue weighted by molar-refractivity contribution is 0.108. The van der Waals surface area contributed by atoms with Crippen molar-refractivity contribution in [2.24, 2.45) is 30.5 Å². The first-order chi connectivity index (χ1) is 8.40. The zero-order valence-electron chi connectivity index (χ0n) is 12.1. The van der Waals surface area contributed by atoms with Gasteiger partial charge in [-0.05, 0) is 30.6 Å². The molecule has 1 aromatic rings. The first kappa shape index (κ1) is 13.5. The van der Waals surface area contributed by atoms with Crippen LogP contribution in [0.3, 0.4) is 0 Å². The summed E-state index contributed by atoms with van der Waals surface area (Å²) in [5.74, 6) is 1.96. The van der Waals surface area contributed by atoms with Gasteiger partial charge in [0, 0.05) is 25.2 Å². The molecule has 1 heterocycles. The van der Waals surface area contributed by atoms with Crippen LogP contribution in [-0.2, 0) is 13.5 Å². The molecule has 1 aliphatic carbocycles. The molecule has 3 unspecified atom stereocenters. The zero-order valence-corrected chi connectivity index (χ0v) is 12.1. The second-order valence-electron chi connectivity index (χ2n) is 6.53. The molecule has 0 aliphatic heterocycles. The summed E-state index contributed by atoms with van der Waals surface area (Å²) in [5.41, 5.74) is 7.68. The van der Waals surface area contributed by atoms with Crippen LogP contribution in [0.5, 0.6) is 0 Å². The van der Waals surface area contributed by atoms with E-state index < -0.39 is 0 Å². The molecule has 0 aromatic carbocycles. The van der Waals surface area contributed by atoms with Crippen molar-refractivity contribution in [3.63, 3.8) is 0 Å². The van der Waals surface area contributed by atoms with Crippen LogP contribution in [0, 0.1) is 17.8 Å². The predicted molar refractivity (Wildman–Crippen MR) is 73.0 cm³/mol.